The van der Waals surface area contributed by atoms with Crippen LogP contribution in [0.3, 0.4) is 0 Å². The third-order valence-electron chi connectivity index (χ3n) is 4.80. The molecule has 0 spiro atoms. The zero-order chi connectivity index (χ0) is 21.0. The van der Waals surface area contributed by atoms with Crippen LogP contribution in [0.5, 0.6) is 6.01 Å². The molecule has 0 aliphatic carbocycles. The number of rotatable bonds is 7. The number of pyridine rings is 1. The Kier molecular flexibility index (Phi) is 4.97. The highest BCUT2D eigenvalue weighted by Crippen LogP contribution is 2.25. The first-order valence-electron chi connectivity index (χ1n) is 9.85. The summed E-state index contributed by atoms with van der Waals surface area (Å²) in [6.45, 7) is 0.961. The van der Waals surface area contributed by atoms with Gasteiger partial charge < -0.3 is 10.1 Å². The van der Waals surface area contributed by atoms with Crippen molar-refractivity contribution in [3.8, 4) is 12.0 Å². The molecular formula is C22H20N8O. The van der Waals surface area contributed by atoms with Crippen molar-refractivity contribution in [2.75, 3.05) is 5.32 Å². The topological polar surface area (TPSA) is 95.6 Å². The predicted octanol–water partition coefficient (Wildman–Crippen LogP) is 3.14. The van der Waals surface area contributed by atoms with E-state index in [1.165, 1.54) is 5.56 Å². The van der Waals surface area contributed by atoms with Crippen molar-refractivity contribution in [1.82, 2.24) is 34.7 Å². The van der Waals surface area contributed by atoms with E-state index in [-0.39, 0.29) is 6.61 Å². The van der Waals surface area contributed by atoms with Gasteiger partial charge in [-0.25, -0.2) is 14.2 Å². The Hall–Kier alpha value is -4.27. The van der Waals surface area contributed by atoms with Crippen molar-refractivity contribution < 1.29 is 4.74 Å². The fraction of sp³-hybridized carbons (Fsp3) is 0.136. The number of anilines is 1. The highest BCUT2D eigenvalue weighted by atomic mass is 16.5. The summed E-state index contributed by atoms with van der Waals surface area (Å²) in [4.78, 5) is 9.26. The minimum Gasteiger partial charge on any atom is -0.458 e. The first-order valence-corrected chi connectivity index (χ1v) is 9.85. The molecule has 0 aliphatic heterocycles. The lowest BCUT2D eigenvalue weighted by Crippen LogP contribution is -2.09. The largest absolute Gasteiger partial charge is 0.458 e. The highest BCUT2D eigenvalue weighted by molar-refractivity contribution is 5.78. The van der Waals surface area contributed by atoms with Gasteiger partial charge in [0, 0.05) is 13.6 Å². The normalized spacial score (nSPS) is 11.0. The van der Waals surface area contributed by atoms with E-state index in [1.807, 2.05) is 60.7 Å². The van der Waals surface area contributed by atoms with Crippen molar-refractivity contribution in [2.45, 2.75) is 13.2 Å². The van der Waals surface area contributed by atoms with E-state index in [0.717, 1.165) is 22.5 Å². The Bertz CT molecular complexity index is 1310. The Morgan fingerprint density at radius 1 is 0.903 bits per heavy atom. The fourth-order valence-corrected chi connectivity index (χ4v) is 3.29. The van der Waals surface area contributed by atoms with Crippen molar-refractivity contribution >= 4 is 16.9 Å². The lowest BCUT2D eigenvalue weighted by Gasteiger charge is -2.10. The fourth-order valence-electron chi connectivity index (χ4n) is 3.29. The van der Waals surface area contributed by atoms with Gasteiger partial charge in [0.05, 0.1) is 16.7 Å². The minimum absolute atomic E-state index is 0.259. The Morgan fingerprint density at radius 2 is 1.74 bits per heavy atom. The smallest absolute Gasteiger partial charge is 0.305 e. The molecule has 9 heteroatoms. The SMILES string of the molecule is Cn1nnnc1-n1c(OCc2cccc(NCc3ccccc3)n2)nc2ccccc21. The van der Waals surface area contributed by atoms with E-state index in [2.05, 4.69) is 42.9 Å². The van der Waals surface area contributed by atoms with Crippen LogP contribution in [-0.4, -0.2) is 34.7 Å². The molecule has 0 fully saturated rings. The van der Waals surface area contributed by atoms with E-state index < -0.39 is 0 Å². The zero-order valence-electron chi connectivity index (χ0n) is 16.9. The monoisotopic (exact) mass is 412 g/mol. The van der Waals surface area contributed by atoms with E-state index >= 15 is 0 Å². The van der Waals surface area contributed by atoms with Gasteiger partial charge in [-0.3, -0.25) is 0 Å². The molecule has 0 bridgehead atoms. The number of hydrogen-bond donors (Lipinski definition) is 1. The van der Waals surface area contributed by atoms with Crippen LogP contribution in [0.2, 0.25) is 0 Å². The third-order valence-corrected chi connectivity index (χ3v) is 4.80. The maximum Gasteiger partial charge on any atom is 0.305 e. The average molecular weight is 412 g/mol. The number of aryl methyl sites for hydroxylation is 1. The highest BCUT2D eigenvalue weighted by Gasteiger charge is 2.18. The second-order valence-electron chi connectivity index (χ2n) is 6.96. The molecule has 9 nitrogen and oxygen atoms in total. The first-order chi connectivity index (χ1) is 15.3. The molecule has 0 saturated carbocycles. The van der Waals surface area contributed by atoms with Gasteiger partial charge >= 0.3 is 6.01 Å². The molecule has 0 saturated heterocycles. The van der Waals surface area contributed by atoms with Crippen LogP contribution >= 0.6 is 0 Å². The second kappa shape index (κ2) is 8.23. The van der Waals surface area contributed by atoms with Crippen molar-refractivity contribution in [1.29, 1.82) is 0 Å². The van der Waals surface area contributed by atoms with Crippen LogP contribution in [0, 0.1) is 0 Å². The molecule has 3 heterocycles. The lowest BCUT2D eigenvalue weighted by molar-refractivity contribution is 0.272. The number of nitrogens with one attached hydrogen (secondary N) is 1. The molecule has 0 unspecified atom stereocenters. The predicted molar refractivity (Wildman–Crippen MR) is 116 cm³/mol. The quantitative estimate of drug-likeness (QED) is 0.439. The van der Waals surface area contributed by atoms with Crippen LogP contribution in [0.25, 0.3) is 17.0 Å². The van der Waals surface area contributed by atoms with Gasteiger partial charge in [-0.2, -0.15) is 4.98 Å². The van der Waals surface area contributed by atoms with Gasteiger partial charge in [0.2, 0.25) is 0 Å². The Balaban J connectivity index is 1.36. The maximum absolute atomic E-state index is 6.06. The first kappa shape index (κ1) is 18.7. The molecule has 0 radical (unpaired) electrons. The van der Waals surface area contributed by atoms with Crippen LogP contribution in [0.15, 0.2) is 72.8 Å². The summed E-state index contributed by atoms with van der Waals surface area (Å²) in [5.74, 6) is 1.31. The summed E-state index contributed by atoms with van der Waals surface area (Å²) >= 11 is 0. The molecule has 5 rings (SSSR count). The number of ether oxygens (including phenoxy) is 1. The second-order valence-corrected chi connectivity index (χ2v) is 6.96. The van der Waals surface area contributed by atoms with Crippen LogP contribution in [-0.2, 0) is 20.2 Å². The molecule has 154 valence electrons. The van der Waals surface area contributed by atoms with E-state index in [4.69, 9.17) is 4.74 Å². The zero-order valence-corrected chi connectivity index (χ0v) is 16.9. The summed E-state index contributed by atoms with van der Waals surface area (Å²) in [5, 5.41) is 15.1. The summed E-state index contributed by atoms with van der Waals surface area (Å²) in [6, 6.07) is 24.2. The number of aromatic nitrogens is 7. The summed E-state index contributed by atoms with van der Waals surface area (Å²) < 4.78 is 9.43. The molecule has 0 atom stereocenters. The van der Waals surface area contributed by atoms with E-state index in [9.17, 15) is 0 Å². The van der Waals surface area contributed by atoms with Gasteiger partial charge in [-0.05, 0) is 40.3 Å². The summed E-state index contributed by atoms with van der Waals surface area (Å²) in [5.41, 5.74) is 3.64. The standard InChI is InChI=1S/C22H20N8O/c1-29-21(26-27-28-29)30-19-12-6-5-11-18(19)25-22(30)31-15-17-10-7-13-20(24-17)23-14-16-8-3-2-4-9-16/h2-13H,14-15H2,1H3,(H,23,24). The molecule has 0 aliphatic rings. The summed E-state index contributed by atoms with van der Waals surface area (Å²) in [7, 11) is 1.78. The number of nitrogens with zero attached hydrogens (tertiary/aromatic N) is 7. The molecule has 5 aromatic rings. The van der Waals surface area contributed by atoms with Gasteiger partial charge in [0.25, 0.3) is 5.95 Å². The third kappa shape index (κ3) is 3.93. The Labute approximate surface area is 178 Å². The molecular weight excluding hydrogens is 392 g/mol. The lowest BCUT2D eigenvalue weighted by atomic mass is 10.2. The van der Waals surface area contributed by atoms with Crippen molar-refractivity contribution in [3.05, 3.63) is 84.1 Å². The number of para-hydroxylation sites is 2. The number of tetrazole rings is 1. The van der Waals surface area contributed by atoms with Gasteiger partial charge in [-0.1, -0.05) is 53.6 Å². The number of benzene rings is 2. The molecule has 2 aromatic carbocycles. The average Bonchev–Trinajstić information content (AvgIpc) is 3.39. The Morgan fingerprint density at radius 3 is 2.58 bits per heavy atom. The molecule has 1 N–H and O–H groups in total. The van der Waals surface area contributed by atoms with Gasteiger partial charge in [0.1, 0.15) is 12.4 Å². The number of fused-ring (bicyclic) bond motifs is 1. The number of hydrogen-bond acceptors (Lipinski definition) is 7. The van der Waals surface area contributed by atoms with E-state index in [0.29, 0.717) is 18.5 Å². The molecule has 0 amide bonds. The maximum atomic E-state index is 6.06. The van der Waals surface area contributed by atoms with Crippen molar-refractivity contribution in [3.63, 3.8) is 0 Å². The molecule has 31 heavy (non-hydrogen) atoms. The number of imidazole rings is 1. The van der Waals surface area contributed by atoms with Crippen LogP contribution in [0.4, 0.5) is 5.82 Å². The van der Waals surface area contributed by atoms with E-state index in [1.54, 1.807) is 16.3 Å². The molecule has 3 aromatic heterocycles. The van der Waals surface area contributed by atoms with Crippen LogP contribution in [0.1, 0.15) is 11.3 Å². The van der Waals surface area contributed by atoms with Crippen LogP contribution < -0.4 is 10.1 Å². The van der Waals surface area contributed by atoms with Crippen molar-refractivity contribution in [2.24, 2.45) is 7.05 Å². The van der Waals surface area contributed by atoms with Gasteiger partial charge in [-0.15, -0.1) is 0 Å². The summed E-state index contributed by atoms with van der Waals surface area (Å²) in [6.07, 6.45) is 0. The van der Waals surface area contributed by atoms with Gasteiger partial charge in [0.15, 0.2) is 0 Å². The minimum atomic E-state index is 0.259.